The Balaban J connectivity index is 2.02. The summed E-state index contributed by atoms with van der Waals surface area (Å²) in [6.45, 7) is -0.240. The zero-order chi connectivity index (χ0) is 17.3. The first-order chi connectivity index (χ1) is 11.4. The summed E-state index contributed by atoms with van der Waals surface area (Å²) < 4.78 is 24.9. The molecule has 0 aliphatic carbocycles. The summed E-state index contributed by atoms with van der Waals surface area (Å²) in [5.41, 5.74) is 1.63. The van der Waals surface area contributed by atoms with Crippen LogP contribution in [0.2, 0.25) is 10.0 Å². The molecule has 1 fully saturated rings. The molecule has 4 nitrogen and oxygen atoms in total. The zero-order valence-corrected chi connectivity index (χ0v) is 15.1. The molecule has 0 spiro atoms. The van der Waals surface area contributed by atoms with Crippen molar-refractivity contribution in [1.29, 1.82) is 0 Å². The van der Waals surface area contributed by atoms with E-state index in [9.17, 15) is 13.5 Å². The van der Waals surface area contributed by atoms with E-state index in [1.165, 1.54) is 0 Å². The molecule has 0 saturated carbocycles. The summed E-state index contributed by atoms with van der Waals surface area (Å²) in [6, 6.07) is 13.3. The zero-order valence-electron chi connectivity index (χ0n) is 12.8. The Hall–Kier alpha value is -1.11. The Bertz CT molecular complexity index is 745. The van der Waals surface area contributed by atoms with E-state index < -0.39 is 21.9 Å². The van der Waals surface area contributed by atoms with Crippen molar-refractivity contribution in [2.24, 2.45) is 0 Å². The van der Waals surface area contributed by atoms with Crippen LogP contribution in [0.1, 0.15) is 23.2 Å². The number of sulfone groups is 1. The minimum Gasteiger partial charge on any atom is -0.381 e. The van der Waals surface area contributed by atoms with E-state index in [1.54, 1.807) is 53.4 Å². The third-order valence-electron chi connectivity index (χ3n) is 4.30. The number of hydrogen-bond donors (Lipinski definition) is 1. The molecule has 2 unspecified atom stereocenters. The van der Waals surface area contributed by atoms with Crippen molar-refractivity contribution >= 4 is 33.0 Å². The van der Waals surface area contributed by atoms with E-state index in [4.69, 9.17) is 23.2 Å². The van der Waals surface area contributed by atoms with Gasteiger partial charge in [0, 0.05) is 10.0 Å². The van der Waals surface area contributed by atoms with E-state index >= 15 is 0 Å². The Morgan fingerprint density at radius 2 is 1.25 bits per heavy atom. The van der Waals surface area contributed by atoms with Gasteiger partial charge in [-0.1, -0.05) is 47.5 Å². The number of halogens is 2. The molecule has 0 bridgehead atoms. The van der Waals surface area contributed by atoms with Gasteiger partial charge in [-0.05, 0) is 35.4 Å². The lowest BCUT2D eigenvalue weighted by atomic mass is 10.0. The largest absolute Gasteiger partial charge is 0.381 e. The SMILES string of the molecule is O=S1(=O)CC(c2ccc(Cl)cc2)N(CO)C(c2ccc(Cl)cc2)C1. The second-order valence-electron chi connectivity index (χ2n) is 5.87. The first kappa shape index (κ1) is 17.7. The molecular weight excluding hydrogens is 369 g/mol. The van der Waals surface area contributed by atoms with E-state index in [1.807, 2.05) is 0 Å². The Morgan fingerprint density at radius 1 is 0.875 bits per heavy atom. The highest BCUT2D eigenvalue weighted by Crippen LogP contribution is 2.37. The second-order valence-corrected chi connectivity index (χ2v) is 8.89. The maximum Gasteiger partial charge on any atom is 0.154 e. The van der Waals surface area contributed by atoms with Crippen LogP contribution in [0.5, 0.6) is 0 Å². The standard InChI is InChI=1S/C17H17Cl2NO3S/c18-14-5-1-12(2-6-14)16-9-24(22,23)10-17(20(16)11-21)13-3-7-15(19)8-4-13/h1-8,16-17,21H,9-11H2. The lowest BCUT2D eigenvalue weighted by Crippen LogP contribution is -2.45. The first-order valence-corrected chi connectivity index (χ1v) is 10.1. The van der Waals surface area contributed by atoms with Crippen LogP contribution in [0.25, 0.3) is 0 Å². The van der Waals surface area contributed by atoms with Crippen LogP contribution in [0.4, 0.5) is 0 Å². The van der Waals surface area contributed by atoms with Gasteiger partial charge in [0.1, 0.15) is 0 Å². The smallest absolute Gasteiger partial charge is 0.154 e. The molecular formula is C17H17Cl2NO3S. The number of hydrogen-bond acceptors (Lipinski definition) is 4. The minimum atomic E-state index is -3.26. The van der Waals surface area contributed by atoms with Crippen LogP contribution >= 0.6 is 23.2 Å². The van der Waals surface area contributed by atoms with Gasteiger partial charge in [-0.3, -0.25) is 4.90 Å². The van der Waals surface area contributed by atoms with E-state index in [0.29, 0.717) is 10.0 Å². The summed E-state index contributed by atoms with van der Waals surface area (Å²) in [4.78, 5) is 1.80. The number of aliphatic hydroxyl groups excluding tert-OH is 1. The Labute approximate surface area is 151 Å². The second kappa shape index (κ2) is 7.02. The number of nitrogens with zero attached hydrogens (tertiary/aromatic N) is 1. The molecule has 24 heavy (non-hydrogen) atoms. The third-order valence-corrected chi connectivity index (χ3v) is 6.45. The van der Waals surface area contributed by atoms with Gasteiger partial charge in [-0.25, -0.2) is 8.42 Å². The van der Waals surface area contributed by atoms with Crippen LogP contribution in [0.15, 0.2) is 48.5 Å². The van der Waals surface area contributed by atoms with Crippen LogP contribution in [-0.2, 0) is 9.84 Å². The van der Waals surface area contributed by atoms with Crippen LogP contribution in [0.3, 0.4) is 0 Å². The molecule has 0 aromatic heterocycles. The fourth-order valence-corrected chi connectivity index (χ4v) is 5.22. The molecule has 3 rings (SSSR count). The normalized spacial score (nSPS) is 24.0. The van der Waals surface area contributed by atoms with Crippen LogP contribution in [-0.4, -0.2) is 36.7 Å². The summed E-state index contributed by atoms with van der Waals surface area (Å²) in [6.07, 6.45) is 0. The van der Waals surface area contributed by atoms with Gasteiger partial charge in [-0.15, -0.1) is 0 Å². The maximum atomic E-state index is 12.5. The van der Waals surface area contributed by atoms with Crippen molar-refractivity contribution in [3.05, 3.63) is 69.7 Å². The Morgan fingerprint density at radius 3 is 1.58 bits per heavy atom. The monoisotopic (exact) mass is 385 g/mol. The fourth-order valence-electron chi connectivity index (χ4n) is 3.10. The summed E-state index contributed by atoms with van der Waals surface area (Å²) >= 11 is 11.8. The average Bonchev–Trinajstić information content (AvgIpc) is 2.55. The molecule has 2 atom stereocenters. The highest BCUT2D eigenvalue weighted by Gasteiger charge is 2.39. The number of aliphatic hydroxyl groups is 1. The fraction of sp³-hybridized carbons (Fsp3) is 0.294. The third kappa shape index (κ3) is 3.76. The molecule has 1 saturated heterocycles. The maximum absolute atomic E-state index is 12.5. The van der Waals surface area contributed by atoms with Crippen LogP contribution < -0.4 is 0 Å². The average molecular weight is 386 g/mol. The van der Waals surface area contributed by atoms with Gasteiger partial charge in [0.15, 0.2) is 9.84 Å². The molecule has 1 heterocycles. The van der Waals surface area contributed by atoms with Crippen molar-refractivity contribution in [1.82, 2.24) is 4.90 Å². The molecule has 0 amide bonds. The Kier molecular flexibility index (Phi) is 5.18. The molecule has 7 heteroatoms. The van der Waals surface area contributed by atoms with E-state index in [0.717, 1.165) is 11.1 Å². The molecule has 1 N–H and O–H groups in total. The first-order valence-electron chi connectivity index (χ1n) is 7.47. The predicted molar refractivity (Wildman–Crippen MR) is 96.0 cm³/mol. The molecule has 1 aliphatic heterocycles. The lowest BCUT2D eigenvalue weighted by molar-refractivity contribution is 0.0370. The van der Waals surface area contributed by atoms with Crippen molar-refractivity contribution < 1.29 is 13.5 Å². The molecule has 1 aliphatic rings. The lowest BCUT2D eigenvalue weighted by Gasteiger charge is -2.41. The number of benzene rings is 2. The van der Waals surface area contributed by atoms with Gasteiger partial charge in [0.2, 0.25) is 0 Å². The van der Waals surface area contributed by atoms with Crippen molar-refractivity contribution in [2.75, 3.05) is 18.2 Å². The highest BCUT2D eigenvalue weighted by molar-refractivity contribution is 7.91. The highest BCUT2D eigenvalue weighted by atomic mass is 35.5. The summed E-state index contributed by atoms with van der Waals surface area (Å²) in [7, 11) is -3.26. The number of rotatable bonds is 3. The predicted octanol–water partition coefficient (Wildman–Crippen LogP) is 3.46. The summed E-state index contributed by atoms with van der Waals surface area (Å²) in [5, 5.41) is 11.1. The van der Waals surface area contributed by atoms with Crippen molar-refractivity contribution in [3.63, 3.8) is 0 Å². The van der Waals surface area contributed by atoms with Gasteiger partial charge in [-0.2, -0.15) is 0 Å². The van der Waals surface area contributed by atoms with Gasteiger partial charge in [0.25, 0.3) is 0 Å². The van der Waals surface area contributed by atoms with E-state index in [2.05, 4.69) is 0 Å². The van der Waals surface area contributed by atoms with E-state index in [-0.39, 0.29) is 18.2 Å². The van der Waals surface area contributed by atoms with Crippen molar-refractivity contribution in [3.8, 4) is 0 Å². The van der Waals surface area contributed by atoms with Crippen LogP contribution in [0, 0.1) is 0 Å². The quantitative estimate of drug-likeness (QED) is 0.878. The van der Waals surface area contributed by atoms with Crippen molar-refractivity contribution in [2.45, 2.75) is 12.1 Å². The minimum absolute atomic E-state index is 0.0285. The van der Waals surface area contributed by atoms with Gasteiger partial charge < -0.3 is 5.11 Å². The molecule has 2 aromatic rings. The topological polar surface area (TPSA) is 57.6 Å². The molecule has 128 valence electrons. The molecule has 2 aromatic carbocycles. The summed E-state index contributed by atoms with van der Waals surface area (Å²) in [5.74, 6) is -0.0570. The van der Waals surface area contributed by atoms with Gasteiger partial charge in [0.05, 0.1) is 30.3 Å². The van der Waals surface area contributed by atoms with Gasteiger partial charge >= 0.3 is 0 Å². The molecule has 0 radical (unpaired) electrons.